The summed E-state index contributed by atoms with van der Waals surface area (Å²) in [7, 11) is 0. The van der Waals surface area contributed by atoms with Gasteiger partial charge in [-0.15, -0.1) is 0 Å². The van der Waals surface area contributed by atoms with Crippen molar-refractivity contribution in [3.63, 3.8) is 0 Å². The fraction of sp³-hybridized carbons (Fsp3) is 0.400. The van der Waals surface area contributed by atoms with Gasteiger partial charge in [-0.1, -0.05) is 28.1 Å². The Morgan fingerprint density at radius 1 is 1.14 bits per heavy atom. The highest BCUT2D eigenvalue weighted by Gasteiger charge is 2.17. The van der Waals surface area contributed by atoms with Crippen LogP contribution < -0.4 is 5.32 Å². The standard InChI is InChI=1S/C15H18BrNO5/c1-15(2,3)22-14(20)17-8-13(19)21-9-12(18)10-4-6-11(16)7-5-10/h4-7H,8-9H2,1-3H3,(H,17,20). The summed E-state index contributed by atoms with van der Waals surface area (Å²) in [5.74, 6) is -1.03. The van der Waals surface area contributed by atoms with Crippen LogP contribution in [0.2, 0.25) is 0 Å². The topological polar surface area (TPSA) is 81.7 Å². The Labute approximate surface area is 137 Å². The Morgan fingerprint density at radius 3 is 2.27 bits per heavy atom. The van der Waals surface area contributed by atoms with E-state index in [1.54, 1.807) is 45.0 Å². The molecule has 0 radical (unpaired) electrons. The highest BCUT2D eigenvalue weighted by Crippen LogP contribution is 2.11. The van der Waals surface area contributed by atoms with E-state index in [4.69, 9.17) is 9.47 Å². The average Bonchev–Trinajstić information content (AvgIpc) is 2.41. The largest absolute Gasteiger partial charge is 0.456 e. The summed E-state index contributed by atoms with van der Waals surface area (Å²) in [6.45, 7) is 4.39. The molecule has 0 aromatic heterocycles. The number of ketones is 1. The van der Waals surface area contributed by atoms with E-state index in [1.165, 1.54) is 0 Å². The van der Waals surface area contributed by atoms with Crippen molar-refractivity contribution in [3.8, 4) is 0 Å². The second-order valence-corrected chi connectivity index (χ2v) is 6.36. The Bertz CT molecular complexity index is 548. The minimum absolute atomic E-state index is 0.321. The van der Waals surface area contributed by atoms with Crippen molar-refractivity contribution in [3.05, 3.63) is 34.3 Å². The molecule has 1 aromatic rings. The van der Waals surface area contributed by atoms with E-state index in [-0.39, 0.29) is 18.9 Å². The van der Waals surface area contributed by atoms with Gasteiger partial charge in [0, 0.05) is 10.0 Å². The number of carbonyl (C=O) groups is 3. The van der Waals surface area contributed by atoms with Gasteiger partial charge in [0.05, 0.1) is 0 Å². The van der Waals surface area contributed by atoms with Gasteiger partial charge >= 0.3 is 12.1 Å². The molecule has 0 spiro atoms. The van der Waals surface area contributed by atoms with Crippen molar-refractivity contribution in [1.29, 1.82) is 0 Å². The zero-order valence-electron chi connectivity index (χ0n) is 12.6. The Morgan fingerprint density at radius 2 is 1.73 bits per heavy atom. The number of benzene rings is 1. The van der Waals surface area contributed by atoms with E-state index in [9.17, 15) is 14.4 Å². The number of amides is 1. The zero-order chi connectivity index (χ0) is 16.8. The third-order valence-corrected chi connectivity index (χ3v) is 2.84. The number of esters is 1. The van der Waals surface area contributed by atoms with Crippen LogP contribution in [0.15, 0.2) is 28.7 Å². The van der Waals surface area contributed by atoms with E-state index in [0.717, 1.165) is 4.47 Å². The van der Waals surface area contributed by atoms with Gasteiger partial charge in [0.25, 0.3) is 0 Å². The number of rotatable bonds is 5. The molecule has 0 saturated heterocycles. The van der Waals surface area contributed by atoms with E-state index >= 15 is 0 Å². The molecule has 0 atom stereocenters. The molecule has 0 heterocycles. The number of ether oxygens (including phenoxy) is 2. The monoisotopic (exact) mass is 371 g/mol. The summed E-state index contributed by atoms with van der Waals surface area (Å²) in [5, 5.41) is 2.26. The normalized spacial score (nSPS) is 10.7. The summed E-state index contributed by atoms with van der Waals surface area (Å²) >= 11 is 3.26. The minimum Gasteiger partial charge on any atom is -0.456 e. The predicted molar refractivity (Wildman–Crippen MR) is 83.7 cm³/mol. The molecule has 7 heteroatoms. The number of Topliss-reactive ketones (excluding diaryl/α,β-unsaturated/α-hetero) is 1. The molecule has 1 amide bonds. The fourth-order valence-electron chi connectivity index (χ4n) is 1.37. The van der Waals surface area contributed by atoms with E-state index < -0.39 is 17.7 Å². The quantitative estimate of drug-likeness (QED) is 0.635. The van der Waals surface area contributed by atoms with Gasteiger partial charge in [-0.2, -0.15) is 0 Å². The number of hydrogen-bond acceptors (Lipinski definition) is 5. The molecule has 0 bridgehead atoms. The van der Waals surface area contributed by atoms with Crippen LogP contribution in [0, 0.1) is 0 Å². The van der Waals surface area contributed by atoms with Crippen LogP contribution in [0.5, 0.6) is 0 Å². The van der Waals surface area contributed by atoms with Gasteiger partial charge in [-0.05, 0) is 32.9 Å². The average molecular weight is 372 g/mol. The Balaban J connectivity index is 2.32. The summed E-state index contributed by atoms with van der Waals surface area (Å²) in [6.07, 6.45) is -0.719. The van der Waals surface area contributed by atoms with Crippen LogP contribution in [0.3, 0.4) is 0 Å². The molecule has 22 heavy (non-hydrogen) atoms. The van der Waals surface area contributed by atoms with Crippen LogP contribution >= 0.6 is 15.9 Å². The van der Waals surface area contributed by atoms with E-state index in [2.05, 4.69) is 21.2 Å². The predicted octanol–water partition coefficient (Wildman–Crippen LogP) is 2.70. The lowest BCUT2D eigenvalue weighted by molar-refractivity contribution is -0.141. The molecule has 120 valence electrons. The lowest BCUT2D eigenvalue weighted by atomic mass is 10.1. The van der Waals surface area contributed by atoms with Crippen LogP contribution in [-0.2, 0) is 14.3 Å². The van der Waals surface area contributed by atoms with Crippen LogP contribution in [-0.4, -0.2) is 36.6 Å². The first-order valence-corrected chi connectivity index (χ1v) is 7.38. The molecule has 1 aromatic carbocycles. The van der Waals surface area contributed by atoms with E-state index in [1.807, 2.05) is 0 Å². The number of alkyl carbamates (subject to hydrolysis) is 1. The number of nitrogens with one attached hydrogen (secondary N) is 1. The van der Waals surface area contributed by atoms with Crippen molar-refractivity contribution in [2.75, 3.05) is 13.2 Å². The number of halogens is 1. The van der Waals surface area contributed by atoms with Crippen molar-refractivity contribution in [2.24, 2.45) is 0 Å². The van der Waals surface area contributed by atoms with Crippen LogP contribution in [0.25, 0.3) is 0 Å². The summed E-state index contributed by atoms with van der Waals surface area (Å²) < 4.78 is 10.6. The number of carbonyl (C=O) groups excluding carboxylic acids is 3. The van der Waals surface area contributed by atoms with E-state index in [0.29, 0.717) is 5.56 Å². The highest BCUT2D eigenvalue weighted by molar-refractivity contribution is 9.10. The first-order valence-electron chi connectivity index (χ1n) is 6.58. The van der Waals surface area contributed by atoms with Gasteiger partial charge in [0.15, 0.2) is 12.4 Å². The van der Waals surface area contributed by atoms with Gasteiger partial charge < -0.3 is 14.8 Å². The first-order chi connectivity index (χ1) is 10.2. The van der Waals surface area contributed by atoms with Crippen molar-refractivity contribution in [2.45, 2.75) is 26.4 Å². The summed E-state index contributed by atoms with van der Waals surface area (Å²) in [5.41, 5.74) is -0.206. The van der Waals surface area contributed by atoms with Gasteiger partial charge in [0.1, 0.15) is 12.1 Å². The maximum atomic E-state index is 11.8. The lowest BCUT2D eigenvalue weighted by Crippen LogP contribution is -2.36. The SMILES string of the molecule is CC(C)(C)OC(=O)NCC(=O)OCC(=O)c1ccc(Br)cc1. The molecule has 0 aliphatic rings. The highest BCUT2D eigenvalue weighted by atomic mass is 79.9. The third-order valence-electron chi connectivity index (χ3n) is 2.31. The summed E-state index contributed by atoms with van der Waals surface area (Å²) in [4.78, 5) is 34.6. The molecule has 0 saturated carbocycles. The van der Waals surface area contributed by atoms with Crippen LogP contribution in [0.4, 0.5) is 4.79 Å². The molecular weight excluding hydrogens is 354 g/mol. The van der Waals surface area contributed by atoms with Gasteiger partial charge in [-0.3, -0.25) is 9.59 Å². The maximum absolute atomic E-state index is 11.8. The molecule has 1 rings (SSSR count). The zero-order valence-corrected chi connectivity index (χ0v) is 14.2. The molecule has 0 fully saturated rings. The molecule has 1 N–H and O–H groups in total. The first kappa shape index (κ1) is 18.2. The lowest BCUT2D eigenvalue weighted by Gasteiger charge is -2.19. The Kier molecular flexibility index (Phi) is 6.55. The summed E-state index contributed by atoms with van der Waals surface area (Å²) in [6, 6.07) is 6.69. The van der Waals surface area contributed by atoms with Crippen molar-refractivity contribution in [1.82, 2.24) is 5.32 Å². The molecule has 0 unspecified atom stereocenters. The molecule has 6 nitrogen and oxygen atoms in total. The second-order valence-electron chi connectivity index (χ2n) is 5.45. The maximum Gasteiger partial charge on any atom is 0.408 e. The number of hydrogen-bond donors (Lipinski definition) is 1. The smallest absolute Gasteiger partial charge is 0.408 e. The molecular formula is C15H18BrNO5. The van der Waals surface area contributed by atoms with Gasteiger partial charge in [-0.25, -0.2) is 4.79 Å². The third kappa shape index (κ3) is 7.21. The fourth-order valence-corrected chi connectivity index (χ4v) is 1.64. The van der Waals surface area contributed by atoms with Crippen molar-refractivity contribution < 1.29 is 23.9 Å². The van der Waals surface area contributed by atoms with Crippen molar-refractivity contribution >= 4 is 33.8 Å². The second kappa shape index (κ2) is 7.93. The molecule has 0 aliphatic carbocycles. The van der Waals surface area contributed by atoms with Crippen LogP contribution in [0.1, 0.15) is 31.1 Å². The molecule has 0 aliphatic heterocycles. The van der Waals surface area contributed by atoms with Gasteiger partial charge in [0.2, 0.25) is 0 Å². The minimum atomic E-state index is -0.719. The Hall–Kier alpha value is -1.89.